The van der Waals surface area contributed by atoms with E-state index in [1.54, 1.807) is 30.3 Å². The molecule has 2 aromatic carbocycles. The van der Waals surface area contributed by atoms with Crippen LogP contribution in [0.1, 0.15) is 22.8 Å². The molecule has 4 heteroatoms. The van der Waals surface area contributed by atoms with Gasteiger partial charge in [0.05, 0.1) is 5.56 Å². The largest absolute Gasteiger partial charge is 0.481 e. The average Bonchev–Trinajstić information content (AvgIpc) is 2.41. The minimum absolute atomic E-state index is 0.331. The zero-order valence-electron chi connectivity index (χ0n) is 11.5. The molecule has 20 heavy (non-hydrogen) atoms. The van der Waals surface area contributed by atoms with Crippen molar-refractivity contribution in [2.75, 3.05) is 0 Å². The SMILES string of the molecule is CC(=O)O.Cc1ccccc1.O=C(O)c1ccccc1. The smallest absolute Gasteiger partial charge is 0.335 e. The van der Waals surface area contributed by atoms with Crippen molar-refractivity contribution in [3.05, 3.63) is 71.8 Å². The molecule has 0 radical (unpaired) electrons. The highest BCUT2D eigenvalue weighted by Crippen LogP contribution is 1.96. The lowest BCUT2D eigenvalue weighted by atomic mass is 10.2. The van der Waals surface area contributed by atoms with Gasteiger partial charge in [0.15, 0.2) is 0 Å². The fraction of sp³-hybridized carbons (Fsp3) is 0.125. The van der Waals surface area contributed by atoms with Gasteiger partial charge in [-0.15, -0.1) is 0 Å². The van der Waals surface area contributed by atoms with Gasteiger partial charge in [-0.1, -0.05) is 54.1 Å². The maximum absolute atomic E-state index is 10.2. The molecule has 2 aromatic rings. The van der Waals surface area contributed by atoms with E-state index in [-0.39, 0.29) is 0 Å². The van der Waals surface area contributed by atoms with Gasteiger partial charge in [0, 0.05) is 6.92 Å². The molecule has 4 nitrogen and oxygen atoms in total. The molecule has 0 saturated carbocycles. The van der Waals surface area contributed by atoms with Crippen LogP contribution in [0.2, 0.25) is 0 Å². The average molecular weight is 274 g/mol. The first kappa shape index (κ1) is 17.4. The number of benzene rings is 2. The van der Waals surface area contributed by atoms with Gasteiger partial charge in [0.25, 0.3) is 5.97 Å². The minimum Gasteiger partial charge on any atom is -0.481 e. The summed E-state index contributed by atoms with van der Waals surface area (Å²) < 4.78 is 0. The zero-order valence-corrected chi connectivity index (χ0v) is 11.5. The van der Waals surface area contributed by atoms with Gasteiger partial charge in [-0.2, -0.15) is 0 Å². The second kappa shape index (κ2) is 10.3. The Hall–Kier alpha value is -2.62. The topological polar surface area (TPSA) is 74.6 Å². The molecular formula is C16H18O4. The molecule has 0 saturated heterocycles. The Bertz CT molecular complexity index is 503. The third kappa shape index (κ3) is 10.5. The van der Waals surface area contributed by atoms with E-state index < -0.39 is 11.9 Å². The maximum Gasteiger partial charge on any atom is 0.335 e. The molecule has 0 unspecified atom stereocenters. The van der Waals surface area contributed by atoms with Crippen LogP contribution in [0.3, 0.4) is 0 Å². The summed E-state index contributed by atoms with van der Waals surface area (Å²) in [5.74, 6) is -1.71. The van der Waals surface area contributed by atoms with Crippen molar-refractivity contribution in [2.45, 2.75) is 13.8 Å². The number of carbonyl (C=O) groups is 2. The lowest BCUT2D eigenvalue weighted by Gasteiger charge is -1.88. The van der Waals surface area contributed by atoms with Crippen molar-refractivity contribution in [1.29, 1.82) is 0 Å². The van der Waals surface area contributed by atoms with E-state index in [1.807, 2.05) is 18.2 Å². The number of hydrogen-bond donors (Lipinski definition) is 2. The lowest BCUT2D eigenvalue weighted by Crippen LogP contribution is -1.93. The fourth-order valence-corrected chi connectivity index (χ4v) is 1.12. The van der Waals surface area contributed by atoms with Gasteiger partial charge >= 0.3 is 5.97 Å². The Morgan fingerprint density at radius 2 is 1.15 bits per heavy atom. The predicted molar refractivity (Wildman–Crippen MR) is 77.9 cm³/mol. The zero-order chi connectivity index (χ0) is 15.4. The number of carboxylic acid groups (broad SMARTS) is 2. The lowest BCUT2D eigenvalue weighted by molar-refractivity contribution is -0.134. The normalized spacial score (nSPS) is 8.30. The summed E-state index contributed by atoms with van der Waals surface area (Å²) in [7, 11) is 0. The first-order valence-electron chi connectivity index (χ1n) is 5.93. The Balaban J connectivity index is 0.000000293. The van der Waals surface area contributed by atoms with E-state index in [2.05, 4.69) is 19.1 Å². The fourth-order valence-electron chi connectivity index (χ4n) is 1.12. The van der Waals surface area contributed by atoms with Crippen molar-refractivity contribution < 1.29 is 19.8 Å². The van der Waals surface area contributed by atoms with E-state index in [4.69, 9.17) is 15.0 Å². The first-order chi connectivity index (χ1) is 9.43. The standard InChI is InChI=1S/C7H6O2.C7H8.C2H4O2/c8-7(9)6-4-2-1-3-5-6;1-7-5-3-2-4-6-7;1-2(3)4/h1-5H,(H,8,9);2-6H,1H3;1H3,(H,3,4). The third-order valence-electron chi connectivity index (χ3n) is 1.96. The monoisotopic (exact) mass is 274 g/mol. The Morgan fingerprint density at radius 1 is 0.800 bits per heavy atom. The number of aryl methyl sites for hydroxylation is 1. The van der Waals surface area contributed by atoms with Crippen molar-refractivity contribution in [2.24, 2.45) is 0 Å². The molecule has 0 spiro atoms. The van der Waals surface area contributed by atoms with Gasteiger partial charge in [-0.05, 0) is 19.1 Å². The molecule has 2 rings (SSSR count). The van der Waals surface area contributed by atoms with Gasteiger partial charge < -0.3 is 10.2 Å². The van der Waals surface area contributed by atoms with Crippen LogP contribution in [-0.4, -0.2) is 22.2 Å². The number of carboxylic acids is 2. The van der Waals surface area contributed by atoms with Crippen molar-refractivity contribution in [3.8, 4) is 0 Å². The second-order valence-corrected chi connectivity index (χ2v) is 3.84. The van der Waals surface area contributed by atoms with Crippen molar-refractivity contribution >= 4 is 11.9 Å². The quantitative estimate of drug-likeness (QED) is 0.835. The highest BCUT2D eigenvalue weighted by atomic mass is 16.4. The molecule has 0 heterocycles. The first-order valence-corrected chi connectivity index (χ1v) is 5.93. The highest BCUT2D eigenvalue weighted by Gasteiger charge is 1.96. The Labute approximate surface area is 118 Å². The molecule has 0 fully saturated rings. The summed E-state index contributed by atoms with van der Waals surface area (Å²) in [6.45, 7) is 3.17. The van der Waals surface area contributed by atoms with Crippen LogP contribution in [0.15, 0.2) is 60.7 Å². The van der Waals surface area contributed by atoms with Crippen LogP contribution < -0.4 is 0 Å². The van der Waals surface area contributed by atoms with E-state index in [9.17, 15) is 4.79 Å². The summed E-state index contributed by atoms with van der Waals surface area (Å²) in [4.78, 5) is 19.2. The number of aromatic carboxylic acids is 1. The molecular weight excluding hydrogens is 256 g/mol. The number of hydrogen-bond acceptors (Lipinski definition) is 2. The van der Waals surface area contributed by atoms with E-state index >= 15 is 0 Å². The van der Waals surface area contributed by atoms with Gasteiger partial charge in [-0.25, -0.2) is 4.79 Å². The van der Waals surface area contributed by atoms with Crippen LogP contribution >= 0.6 is 0 Å². The number of aliphatic carboxylic acids is 1. The summed E-state index contributed by atoms with van der Waals surface area (Å²) in [5, 5.41) is 15.8. The van der Waals surface area contributed by atoms with Crippen molar-refractivity contribution in [1.82, 2.24) is 0 Å². The molecule has 0 aliphatic rings. The van der Waals surface area contributed by atoms with Gasteiger partial charge in [0.1, 0.15) is 0 Å². The summed E-state index contributed by atoms with van der Waals surface area (Å²) in [6.07, 6.45) is 0. The van der Waals surface area contributed by atoms with Crippen LogP contribution in [0.25, 0.3) is 0 Å². The van der Waals surface area contributed by atoms with Crippen LogP contribution in [0.5, 0.6) is 0 Å². The van der Waals surface area contributed by atoms with Crippen LogP contribution in [0, 0.1) is 6.92 Å². The Kier molecular flexibility index (Phi) is 8.96. The molecule has 0 aromatic heterocycles. The molecule has 0 atom stereocenters. The van der Waals surface area contributed by atoms with Crippen LogP contribution in [0.4, 0.5) is 0 Å². The third-order valence-corrected chi connectivity index (χ3v) is 1.96. The van der Waals surface area contributed by atoms with E-state index in [0.29, 0.717) is 5.56 Å². The molecule has 106 valence electrons. The predicted octanol–water partition coefficient (Wildman–Crippen LogP) is 3.47. The van der Waals surface area contributed by atoms with E-state index in [0.717, 1.165) is 6.92 Å². The van der Waals surface area contributed by atoms with Crippen LogP contribution in [-0.2, 0) is 4.79 Å². The Morgan fingerprint density at radius 3 is 1.35 bits per heavy atom. The van der Waals surface area contributed by atoms with Gasteiger partial charge in [0.2, 0.25) is 0 Å². The van der Waals surface area contributed by atoms with Crippen molar-refractivity contribution in [3.63, 3.8) is 0 Å². The molecule has 2 N–H and O–H groups in total. The summed E-state index contributed by atoms with van der Waals surface area (Å²) in [6, 6.07) is 18.6. The molecule has 0 aliphatic heterocycles. The van der Waals surface area contributed by atoms with E-state index in [1.165, 1.54) is 5.56 Å². The number of rotatable bonds is 1. The maximum atomic E-state index is 10.2. The second-order valence-electron chi connectivity index (χ2n) is 3.84. The summed E-state index contributed by atoms with van der Waals surface area (Å²) in [5.41, 5.74) is 1.65. The van der Waals surface area contributed by atoms with Gasteiger partial charge in [-0.3, -0.25) is 4.79 Å². The highest BCUT2D eigenvalue weighted by molar-refractivity contribution is 5.87. The summed E-state index contributed by atoms with van der Waals surface area (Å²) >= 11 is 0. The minimum atomic E-state index is -0.879. The molecule has 0 amide bonds. The molecule has 0 aliphatic carbocycles. The molecule has 0 bridgehead atoms.